The first-order chi connectivity index (χ1) is 37.0. The molecule has 0 saturated heterocycles. The van der Waals surface area contributed by atoms with E-state index in [1.165, 1.54) is 161 Å². The van der Waals surface area contributed by atoms with Crippen LogP contribution in [-0.2, 0) is 32.7 Å². The van der Waals surface area contributed by atoms with Crippen LogP contribution in [0.3, 0.4) is 0 Å². The molecule has 440 valence electrons. The maximum atomic E-state index is 12.8. The van der Waals surface area contributed by atoms with Gasteiger partial charge in [-0.1, -0.05) is 272 Å². The van der Waals surface area contributed by atoms with Gasteiger partial charge in [0.2, 0.25) is 0 Å². The van der Waals surface area contributed by atoms with E-state index in [1.54, 1.807) is 0 Å². The highest BCUT2D eigenvalue weighted by atomic mass is 31.2. The van der Waals surface area contributed by atoms with Gasteiger partial charge in [-0.3, -0.25) is 18.6 Å². The second-order valence-corrected chi connectivity index (χ2v) is 23.5. The van der Waals surface area contributed by atoms with Gasteiger partial charge in [0.25, 0.3) is 0 Å². The van der Waals surface area contributed by atoms with Crippen molar-refractivity contribution in [2.24, 2.45) is 0 Å². The Morgan fingerprint density at radius 3 is 1.12 bits per heavy atom. The van der Waals surface area contributed by atoms with Crippen molar-refractivity contribution in [3.8, 4) is 0 Å². The zero-order valence-electron chi connectivity index (χ0n) is 50.0. The smallest absolute Gasteiger partial charge is 0.462 e. The molecule has 0 bridgehead atoms. The molecule has 0 aliphatic carbocycles. The van der Waals surface area contributed by atoms with Gasteiger partial charge in [-0.15, -0.1) is 0 Å². The fraction of sp³-hybridized carbons (Fsp3) is 0.758. The van der Waals surface area contributed by atoms with E-state index in [1.807, 2.05) is 21.1 Å². The van der Waals surface area contributed by atoms with Crippen molar-refractivity contribution in [1.29, 1.82) is 0 Å². The normalized spacial score (nSPS) is 13.8. The van der Waals surface area contributed by atoms with Crippen LogP contribution in [0.1, 0.15) is 271 Å². The number of likely N-dealkylation sites (N-methyl/N-ethyl adjacent to an activating group) is 1. The highest BCUT2D eigenvalue weighted by Gasteiger charge is 2.27. The topological polar surface area (TPSA) is 108 Å². The first kappa shape index (κ1) is 73.2. The zero-order valence-corrected chi connectivity index (χ0v) is 50.9. The van der Waals surface area contributed by atoms with Crippen molar-refractivity contribution in [3.63, 3.8) is 0 Å². The highest BCUT2D eigenvalue weighted by Crippen LogP contribution is 2.43. The van der Waals surface area contributed by atoms with Crippen LogP contribution >= 0.6 is 7.82 Å². The summed E-state index contributed by atoms with van der Waals surface area (Å²) in [4.78, 5) is 35.7. The number of quaternary nitrogens is 1. The van der Waals surface area contributed by atoms with Gasteiger partial charge in [0.1, 0.15) is 19.8 Å². The van der Waals surface area contributed by atoms with Crippen molar-refractivity contribution < 1.29 is 42.1 Å². The van der Waals surface area contributed by atoms with Gasteiger partial charge >= 0.3 is 19.8 Å². The van der Waals surface area contributed by atoms with Crippen molar-refractivity contribution in [2.45, 2.75) is 277 Å². The molecule has 0 spiro atoms. The number of carbonyl (C=O) groups excluding carboxylic acids is 2. The molecule has 0 heterocycles. The average Bonchev–Trinajstić information content (AvgIpc) is 3.38. The molecule has 2 atom stereocenters. The lowest BCUT2D eigenvalue weighted by molar-refractivity contribution is -0.870. The predicted octanol–water partition coefficient (Wildman–Crippen LogP) is 19.8. The van der Waals surface area contributed by atoms with Crippen LogP contribution in [0.15, 0.2) is 85.1 Å². The third-order valence-electron chi connectivity index (χ3n) is 13.4. The number of hydrogen-bond donors (Lipinski definition) is 1. The molecular weight excluding hydrogens is 966 g/mol. The number of allylic oxidation sites excluding steroid dienone is 14. The SMILES string of the molecule is CC/C=C\C/C=C\C/C=C\C/C=C\C/C=C\C/C=C\C/C=C\CCCCCCCCCCCCCCCCCC(=O)OC(COC(=O)CCCCCCCCCCCCCCCCC)COP(=O)(O)OCC[N+](C)(C)C. The summed E-state index contributed by atoms with van der Waals surface area (Å²) in [5.74, 6) is -0.789. The van der Waals surface area contributed by atoms with Crippen LogP contribution < -0.4 is 0 Å². The van der Waals surface area contributed by atoms with Gasteiger partial charge in [0.15, 0.2) is 6.10 Å². The number of esters is 2. The molecule has 0 aliphatic rings. The molecule has 0 fully saturated rings. The molecule has 0 aromatic rings. The summed E-state index contributed by atoms with van der Waals surface area (Å²) < 4.78 is 34.6. The van der Waals surface area contributed by atoms with Gasteiger partial charge in [-0.25, -0.2) is 4.57 Å². The lowest BCUT2D eigenvalue weighted by Gasteiger charge is -2.24. The summed E-state index contributed by atoms with van der Waals surface area (Å²) in [5, 5.41) is 0. The van der Waals surface area contributed by atoms with E-state index in [0.717, 1.165) is 77.0 Å². The molecule has 2 unspecified atom stereocenters. The summed E-state index contributed by atoms with van der Waals surface area (Å²) in [6.45, 7) is 4.34. The van der Waals surface area contributed by atoms with Gasteiger partial charge in [-0.05, 0) is 70.6 Å². The minimum atomic E-state index is -4.39. The number of ether oxygens (including phenoxy) is 2. The summed E-state index contributed by atoms with van der Waals surface area (Å²) in [6, 6.07) is 0. The Bertz CT molecular complexity index is 1560. The number of rotatable bonds is 57. The summed E-state index contributed by atoms with van der Waals surface area (Å²) in [5.41, 5.74) is 0. The first-order valence-electron chi connectivity index (χ1n) is 31.3. The van der Waals surface area contributed by atoms with Crippen molar-refractivity contribution in [2.75, 3.05) is 47.5 Å². The standard InChI is InChI=1S/C66H118NO8P/c1-6-8-10-12-14-16-18-20-22-23-24-25-26-27-28-29-30-31-32-33-34-35-36-37-38-39-40-41-42-43-45-47-49-51-53-55-57-59-66(69)75-64(63-74-76(70,71)73-61-60-67(3,4)5)62-72-65(68)58-56-54-52-50-48-46-44-21-19-17-15-13-11-9-7-2/h8,10,14,16,20,22,24-25,27-28,30-31,33-34,64H,6-7,9,11-13,15,17-19,21,23,26,29,32,35-63H2,1-5H3/p+1/b10-8-,16-14-,22-20-,25-24-,28-27-,31-30-,34-33-. The van der Waals surface area contributed by atoms with Gasteiger partial charge in [0.05, 0.1) is 27.7 Å². The first-order valence-corrected chi connectivity index (χ1v) is 32.8. The maximum absolute atomic E-state index is 12.8. The Kier molecular flexibility index (Phi) is 54.8. The molecule has 0 rings (SSSR count). The third kappa shape index (κ3) is 60.4. The molecular formula is C66H119NO8P+. The van der Waals surface area contributed by atoms with Crippen LogP contribution in [0.2, 0.25) is 0 Å². The number of unbranched alkanes of at least 4 members (excludes halogenated alkanes) is 29. The predicted molar refractivity (Wildman–Crippen MR) is 325 cm³/mol. The summed E-state index contributed by atoms with van der Waals surface area (Å²) >= 11 is 0. The monoisotopic (exact) mass is 1080 g/mol. The number of hydrogen-bond acceptors (Lipinski definition) is 7. The molecule has 0 aromatic heterocycles. The number of carbonyl (C=O) groups is 2. The number of nitrogens with zero attached hydrogens (tertiary/aromatic N) is 1. The van der Waals surface area contributed by atoms with Gasteiger partial charge in [-0.2, -0.15) is 0 Å². The van der Waals surface area contributed by atoms with Crippen molar-refractivity contribution in [1.82, 2.24) is 0 Å². The van der Waals surface area contributed by atoms with E-state index in [9.17, 15) is 19.0 Å². The van der Waals surface area contributed by atoms with E-state index < -0.39 is 26.5 Å². The number of phosphoric ester groups is 1. The molecule has 0 aromatic carbocycles. The highest BCUT2D eigenvalue weighted by molar-refractivity contribution is 7.47. The molecule has 10 heteroatoms. The molecule has 9 nitrogen and oxygen atoms in total. The van der Waals surface area contributed by atoms with Crippen LogP contribution in [0.25, 0.3) is 0 Å². The Balaban J connectivity index is 4.02. The maximum Gasteiger partial charge on any atom is 0.472 e. The Morgan fingerprint density at radius 1 is 0.421 bits per heavy atom. The molecule has 0 radical (unpaired) electrons. The van der Waals surface area contributed by atoms with Crippen LogP contribution in [0.5, 0.6) is 0 Å². The fourth-order valence-corrected chi connectivity index (χ4v) is 9.39. The second-order valence-electron chi connectivity index (χ2n) is 22.1. The summed E-state index contributed by atoms with van der Waals surface area (Å²) in [6.07, 6.45) is 76.7. The second kappa shape index (κ2) is 56.9. The Morgan fingerprint density at radius 2 is 0.750 bits per heavy atom. The Labute approximate surface area is 469 Å². The van der Waals surface area contributed by atoms with Crippen LogP contribution in [-0.4, -0.2) is 74.9 Å². The van der Waals surface area contributed by atoms with E-state index in [4.69, 9.17) is 18.5 Å². The largest absolute Gasteiger partial charge is 0.472 e. The Hall–Kier alpha value is -2.81. The van der Waals surface area contributed by atoms with Crippen molar-refractivity contribution in [3.05, 3.63) is 85.1 Å². The minimum absolute atomic E-state index is 0.0314. The molecule has 76 heavy (non-hydrogen) atoms. The van der Waals surface area contributed by atoms with E-state index in [0.29, 0.717) is 23.9 Å². The molecule has 1 N–H and O–H groups in total. The van der Waals surface area contributed by atoms with Gasteiger partial charge in [0, 0.05) is 12.8 Å². The minimum Gasteiger partial charge on any atom is -0.462 e. The quantitative estimate of drug-likeness (QED) is 0.0211. The van der Waals surface area contributed by atoms with E-state index in [2.05, 4.69) is 98.9 Å². The molecule has 0 saturated carbocycles. The van der Waals surface area contributed by atoms with Crippen LogP contribution in [0, 0.1) is 0 Å². The molecule has 0 aliphatic heterocycles. The average molecular weight is 1090 g/mol. The fourth-order valence-electron chi connectivity index (χ4n) is 8.64. The lowest BCUT2D eigenvalue weighted by Crippen LogP contribution is -2.37. The van der Waals surface area contributed by atoms with Crippen LogP contribution in [0.4, 0.5) is 0 Å². The lowest BCUT2D eigenvalue weighted by atomic mass is 10.0. The van der Waals surface area contributed by atoms with E-state index >= 15 is 0 Å². The molecule has 0 amide bonds. The van der Waals surface area contributed by atoms with Gasteiger partial charge < -0.3 is 18.9 Å². The summed E-state index contributed by atoms with van der Waals surface area (Å²) in [7, 11) is 1.48. The number of phosphoric acid groups is 1. The van der Waals surface area contributed by atoms with E-state index in [-0.39, 0.29) is 25.6 Å². The zero-order chi connectivity index (χ0) is 55.6. The van der Waals surface area contributed by atoms with Crippen molar-refractivity contribution >= 4 is 19.8 Å². The third-order valence-corrected chi connectivity index (χ3v) is 14.4.